The fraction of sp³-hybridized carbons (Fsp3) is 0.300. The molecular formula is C10H14N2O3S. The molecule has 0 atom stereocenters. The average molecular weight is 242 g/mol. The maximum Gasteiger partial charge on any atom is 0.180 e. The van der Waals surface area contributed by atoms with Crippen LogP contribution < -0.4 is 5.73 Å². The molecule has 0 aromatic heterocycles. The van der Waals surface area contributed by atoms with Crippen molar-refractivity contribution in [2.24, 2.45) is 10.9 Å². The van der Waals surface area contributed by atoms with Crippen molar-refractivity contribution >= 4 is 15.7 Å². The van der Waals surface area contributed by atoms with E-state index < -0.39 is 15.1 Å². The molecule has 5 nitrogen and oxygen atoms in total. The quantitative estimate of drug-likeness (QED) is 0.357. The third-order valence-corrected chi connectivity index (χ3v) is 4.38. The normalized spacial score (nSPS) is 13.1. The van der Waals surface area contributed by atoms with Crippen LogP contribution in [-0.2, 0) is 9.84 Å². The summed E-state index contributed by atoms with van der Waals surface area (Å²) in [5, 5.41) is 10.8. The van der Waals surface area contributed by atoms with Crippen molar-refractivity contribution in [3.63, 3.8) is 0 Å². The Balaban J connectivity index is 3.15. The monoisotopic (exact) mass is 242 g/mol. The highest BCUT2D eigenvalue weighted by molar-refractivity contribution is 7.92. The van der Waals surface area contributed by atoms with Gasteiger partial charge in [-0.3, -0.25) is 0 Å². The van der Waals surface area contributed by atoms with Crippen LogP contribution >= 0.6 is 0 Å². The Morgan fingerprint density at radius 3 is 2.19 bits per heavy atom. The van der Waals surface area contributed by atoms with E-state index in [1.807, 2.05) is 0 Å². The number of hydrogen-bond donors (Lipinski definition) is 2. The number of benzene rings is 1. The minimum absolute atomic E-state index is 0.0477. The molecule has 0 unspecified atom stereocenters. The Morgan fingerprint density at radius 1 is 1.31 bits per heavy atom. The highest BCUT2D eigenvalue weighted by atomic mass is 32.2. The number of amidine groups is 1. The van der Waals surface area contributed by atoms with Crippen LogP contribution in [0.25, 0.3) is 0 Å². The lowest BCUT2D eigenvalue weighted by Gasteiger charge is -2.08. The molecule has 0 aliphatic heterocycles. The van der Waals surface area contributed by atoms with Gasteiger partial charge in [-0.05, 0) is 38.1 Å². The van der Waals surface area contributed by atoms with Crippen LogP contribution in [0.3, 0.4) is 0 Å². The van der Waals surface area contributed by atoms with Gasteiger partial charge in [0.2, 0.25) is 0 Å². The van der Waals surface area contributed by atoms with Crippen molar-refractivity contribution in [3.05, 3.63) is 29.8 Å². The van der Waals surface area contributed by atoms with Crippen molar-refractivity contribution in [1.82, 2.24) is 0 Å². The van der Waals surface area contributed by atoms with E-state index in [2.05, 4.69) is 5.16 Å². The number of sulfone groups is 1. The Kier molecular flexibility index (Phi) is 3.54. The van der Waals surface area contributed by atoms with Gasteiger partial charge in [-0.15, -0.1) is 0 Å². The lowest BCUT2D eigenvalue weighted by atomic mass is 10.2. The maximum atomic E-state index is 11.8. The third kappa shape index (κ3) is 2.33. The Hall–Kier alpha value is -1.56. The molecule has 0 aliphatic rings. The SMILES string of the molecule is CC(C)S(=O)(=O)c1ccc(/C(N)=N/O)cc1. The van der Waals surface area contributed by atoms with Crippen molar-refractivity contribution in [2.45, 2.75) is 24.0 Å². The van der Waals surface area contributed by atoms with Gasteiger partial charge < -0.3 is 10.9 Å². The lowest BCUT2D eigenvalue weighted by Crippen LogP contribution is -2.15. The second-order valence-corrected chi connectivity index (χ2v) is 6.11. The molecule has 16 heavy (non-hydrogen) atoms. The largest absolute Gasteiger partial charge is 0.409 e. The van der Waals surface area contributed by atoms with E-state index in [0.717, 1.165) is 0 Å². The molecule has 0 radical (unpaired) electrons. The molecule has 1 aromatic rings. The first kappa shape index (κ1) is 12.5. The molecule has 0 saturated heterocycles. The Labute approximate surface area is 94.5 Å². The molecule has 0 aliphatic carbocycles. The standard InChI is InChI=1S/C10H14N2O3S/c1-7(2)16(14,15)9-5-3-8(4-6-9)10(11)12-13/h3-7,13H,1-2H3,(H2,11,12). The van der Waals surface area contributed by atoms with E-state index in [-0.39, 0.29) is 10.7 Å². The summed E-state index contributed by atoms with van der Waals surface area (Å²) in [5.41, 5.74) is 5.84. The number of oxime groups is 1. The molecule has 0 amide bonds. The highest BCUT2D eigenvalue weighted by Gasteiger charge is 2.18. The first-order chi connectivity index (χ1) is 7.39. The molecule has 0 spiro atoms. The van der Waals surface area contributed by atoms with E-state index in [1.54, 1.807) is 13.8 Å². The number of nitrogens with two attached hydrogens (primary N) is 1. The molecule has 6 heteroatoms. The number of hydrogen-bond acceptors (Lipinski definition) is 4. The summed E-state index contributed by atoms with van der Waals surface area (Å²) in [6, 6.07) is 5.90. The summed E-state index contributed by atoms with van der Waals surface area (Å²) in [5.74, 6) is -0.0477. The van der Waals surface area contributed by atoms with Gasteiger partial charge in [-0.25, -0.2) is 8.42 Å². The smallest absolute Gasteiger partial charge is 0.180 e. The lowest BCUT2D eigenvalue weighted by molar-refractivity contribution is 0.318. The molecule has 0 fully saturated rings. The molecule has 1 rings (SSSR count). The van der Waals surface area contributed by atoms with Gasteiger partial charge in [0.15, 0.2) is 15.7 Å². The van der Waals surface area contributed by atoms with Crippen molar-refractivity contribution in [3.8, 4) is 0 Å². The zero-order valence-electron chi connectivity index (χ0n) is 9.08. The fourth-order valence-electron chi connectivity index (χ4n) is 1.15. The van der Waals surface area contributed by atoms with E-state index in [0.29, 0.717) is 5.56 Å². The second kappa shape index (κ2) is 4.52. The third-order valence-electron chi connectivity index (χ3n) is 2.21. The van der Waals surface area contributed by atoms with Crippen LogP contribution in [0.2, 0.25) is 0 Å². The van der Waals surface area contributed by atoms with Gasteiger partial charge in [0.25, 0.3) is 0 Å². The van der Waals surface area contributed by atoms with Crippen molar-refractivity contribution in [1.29, 1.82) is 0 Å². The van der Waals surface area contributed by atoms with Crippen molar-refractivity contribution in [2.75, 3.05) is 0 Å². The van der Waals surface area contributed by atoms with E-state index in [9.17, 15) is 8.42 Å². The summed E-state index contributed by atoms with van der Waals surface area (Å²) in [7, 11) is -3.27. The topological polar surface area (TPSA) is 92.8 Å². The molecule has 0 saturated carbocycles. The predicted octanol–water partition coefficient (Wildman–Crippen LogP) is 0.963. The summed E-state index contributed by atoms with van der Waals surface area (Å²) < 4.78 is 23.5. The maximum absolute atomic E-state index is 11.8. The van der Waals surface area contributed by atoms with E-state index in [4.69, 9.17) is 10.9 Å². The fourth-order valence-corrected chi connectivity index (χ4v) is 2.21. The summed E-state index contributed by atoms with van der Waals surface area (Å²) in [4.78, 5) is 0.233. The summed E-state index contributed by atoms with van der Waals surface area (Å²) in [6.07, 6.45) is 0. The van der Waals surface area contributed by atoms with Crippen LogP contribution in [0.5, 0.6) is 0 Å². The van der Waals surface area contributed by atoms with E-state index in [1.165, 1.54) is 24.3 Å². The molecular weight excluding hydrogens is 228 g/mol. The van der Waals surface area contributed by atoms with Gasteiger partial charge in [0.05, 0.1) is 10.1 Å². The van der Waals surface area contributed by atoms with Gasteiger partial charge in [-0.1, -0.05) is 5.16 Å². The zero-order chi connectivity index (χ0) is 12.3. The van der Waals surface area contributed by atoms with Gasteiger partial charge in [-0.2, -0.15) is 0 Å². The van der Waals surface area contributed by atoms with Crippen LogP contribution in [0, 0.1) is 0 Å². The molecule has 88 valence electrons. The van der Waals surface area contributed by atoms with Crippen LogP contribution in [0.4, 0.5) is 0 Å². The molecule has 0 bridgehead atoms. The van der Waals surface area contributed by atoms with Crippen LogP contribution in [0.15, 0.2) is 34.3 Å². The average Bonchev–Trinajstić information content (AvgIpc) is 2.28. The van der Waals surface area contributed by atoms with Gasteiger partial charge in [0, 0.05) is 5.56 Å². The highest BCUT2D eigenvalue weighted by Crippen LogP contribution is 2.16. The van der Waals surface area contributed by atoms with E-state index >= 15 is 0 Å². The Morgan fingerprint density at radius 2 is 1.81 bits per heavy atom. The number of nitrogens with zero attached hydrogens (tertiary/aromatic N) is 1. The molecule has 3 N–H and O–H groups in total. The minimum Gasteiger partial charge on any atom is -0.409 e. The van der Waals surface area contributed by atoms with Gasteiger partial charge in [0.1, 0.15) is 0 Å². The van der Waals surface area contributed by atoms with Crippen molar-refractivity contribution < 1.29 is 13.6 Å². The Bertz CT molecular complexity index is 489. The predicted molar refractivity (Wildman–Crippen MR) is 61.3 cm³/mol. The molecule has 1 aromatic carbocycles. The van der Waals surface area contributed by atoms with Crippen LogP contribution in [0.1, 0.15) is 19.4 Å². The first-order valence-electron chi connectivity index (χ1n) is 4.71. The molecule has 0 heterocycles. The minimum atomic E-state index is -3.27. The van der Waals surface area contributed by atoms with Gasteiger partial charge >= 0.3 is 0 Å². The first-order valence-corrected chi connectivity index (χ1v) is 6.26. The number of rotatable bonds is 3. The zero-order valence-corrected chi connectivity index (χ0v) is 9.90. The van der Waals surface area contributed by atoms with Crippen LogP contribution in [-0.4, -0.2) is 24.7 Å². The second-order valence-electron chi connectivity index (χ2n) is 3.60. The summed E-state index contributed by atoms with van der Waals surface area (Å²) in [6.45, 7) is 3.24. The summed E-state index contributed by atoms with van der Waals surface area (Å²) >= 11 is 0.